The second kappa shape index (κ2) is 10.3. The van der Waals surface area contributed by atoms with Crippen molar-refractivity contribution in [2.75, 3.05) is 46.8 Å². The molecule has 0 bridgehead atoms. The summed E-state index contributed by atoms with van der Waals surface area (Å²) in [7, 11) is 3.12. The maximum absolute atomic E-state index is 14.0. The van der Waals surface area contributed by atoms with Crippen LogP contribution in [0.25, 0.3) is 5.76 Å². The van der Waals surface area contributed by atoms with Crippen LogP contribution >= 0.6 is 0 Å². The Kier molecular flexibility index (Phi) is 7.24. The molecule has 4 aliphatic rings. The number of phenolic OH excluding ortho intramolecular Hbond substituents is 1. The Morgan fingerprint density at radius 2 is 1.71 bits per heavy atom. The van der Waals surface area contributed by atoms with E-state index in [2.05, 4.69) is 0 Å². The molecular weight excluding hydrogens is 548 g/mol. The summed E-state index contributed by atoms with van der Waals surface area (Å²) in [6.07, 6.45) is -0.000375. The predicted octanol–water partition coefficient (Wildman–Crippen LogP) is -0.0533. The Bertz CT molecular complexity index is 1490. The van der Waals surface area contributed by atoms with Crippen LogP contribution in [0.1, 0.15) is 34.8 Å². The van der Waals surface area contributed by atoms with E-state index in [1.165, 1.54) is 21.9 Å². The molecule has 1 saturated carbocycles. The van der Waals surface area contributed by atoms with E-state index in [4.69, 9.17) is 5.73 Å². The lowest BCUT2D eigenvalue weighted by Crippen LogP contribution is -2.65. The van der Waals surface area contributed by atoms with E-state index in [0.29, 0.717) is 31.7 Å². The van der Waals surface area contributed by atoms with Crippen LogP contribution in [0.2, 0.25) is 0 Å². The Balaban J connectivity index is 1.55. The highest BCUT2D eigenvalue weighted by Crippen LogP contribution is 2.53. The number of primary amides is 1. The molecule has 0 aromatic heterocycles. The summed E-state index contributed by atoms with van der Waals surface area (Å²) in [6.45, 7) is 2.67. The highest BCUT2D eigenvalue weighted by atomic mass is 16.3. The van der Waals surface area contributed by atoms with Gasteiger partial charge in [0.2, 0.25) is 5.78 Å². The molecule has 0 unspecified atom stereocenters. The molecule has 0 spiro atoms. The summed E-state index contributed by atoms with van der Waals surface area (Å²) in [4.78, 5) is 69.3. The molecule has 1 heterocycles. The van der Waals surface area contributed by atoms with Crippen molar-refractivity contribution in [2.24, 2.45) is 17.6 Å². The maximum Gasteiger partial charge on any atom is 0.314 e. The highest BCUT2D eigenvalue weighted by Gasteiger charge is 2.64. The number of carbonyl (C=O) groups excluding carboxylic acids is 5. The van der Waals surface area contributed by atoms with Gasteiger partial charge in [-0.15, -0.1) is 0 Å². The first-order chi connectivity index (χ1) is 19.7. The van der Waals surface area contributed by atoms with Gasteiger partial charge in [0.25, 0.3) is 0 Å². The second-order valence-electron chi connectivity index (χ2n) is 11.7. The molecule has 1 aromatic carbocycles. The van der Waals surface area contributed by atoms with E-state index in [-0.39, 0.29) is 47.6 Å². The van der Waals surface area contributed by atoms with Gasteiger partial charge in [-0.2, -0.15) is 0 Å². The van der Waals surface area contributed by atoms with Gasteiger partial charge < -0.3 is 31.1 Å². The number of hydrogen-bond acceptors (Lipinski definition) is 11. The van der Waals surface area contributed by atoms with Crippen LogP contribution in [-0.4, -0.2) is 123 Å². The monoisotopic (exact) mass is 582 g/mol. The summed E-state index contributed by atoms with van der Waals surface area (Å²) in [6, 6.07) is 1.04. The smallest absolute Gasteiger partial charge is 0.314 e. The zero-order valence-electron chi connectivity index (χ0n) is 23.6. The Morgan fingerprint density at radius 3 is 2.29 bits per heavy atom. The first-order valence-electron chi connectivity index (χ1n) is 13.7. The van der Waals surface area contributed by atoms with Crippen molar-refractivity contribution in [1.29, 1.82) is 0 Å². The summed E-state index contributed by atoms with van der Waals surface area (Å²) in [5, 5.41) is 44.9. The lowest BCUT2D eigenvalue weighted by atomic mass is 9.57. The van der Waals surface area contributed by atoms with Crippen molar-refractivity contribution in [3.63, 3.8) is 0 Å². The van der Waals surface area contributed by atoms with Gasteiger partial charge in [0.05, 0.1) is 18.2 Å². The standard InChI is InChI=1S/C29H34N4O9/c1-13(34)20-25(38)23(31(2)3)17-11-14-10-16-15(19(36)12-32-6-8-33(9-7-32)28(30)41)4-5-18(35)22(16)24(37)21(14)27(40)29(17,42)26(20)39/h4-5,14,17,23,35,37,39,42H,6-12H2,1-3H3,(H2,30,41)/t14-,17-,23-,29+/m0/s1. The maximum atomic E-state index is 14.0. The number of aliphatic hydroxyl groups excluding tert-OH is 2. The third-order valence-electron chi connectivity index (χ3n) is 9.06. The van der Waals surface area contributed by atoms with Crippen molar-refractivity contribution in [2.45, 2.75) is 31.4 Å². The molecule has 5 rings (SSSR count). The number of urea groups is 1. The van der Waals surface area contributed by atoms with Crippen LogP contribution in [0, 0.1) is 11.8 Å². The van der Waals surface area contributed by atoms with Crippen LogP contribution in [-0.2, 0) is 20.8 Å². The SMILES string of the molecule is CC(=O)C1=C(O)[C@@]2(O)C(=O)C3=C(O)c4c(O)ccc(C(=O)CN5CCN(C(N)=O)CC5)c4C[C@H]3C[C@H]2[C@H](N(C)C)C1=O. The Morgan fingerprint density at radius 1 is 1.07 bits per heavy atom. The van der Waals surface area contributed by atoms with E-state index in [9.17, 15) is 44.4 Å². The minimum Gasteiger partial charge on any atom is -0.508 e. The Labute approximate surface area is 241 Å². The fraction of sp³-hybridized carbons (Fsp3) is 0.483. The molecule has 1 aromatic rings. The molecule has 13 nitrogen and oxygen atoms in total. The summed E-state index contributed by atoms with van der Waals surface area (Å²) < 4.78 is 0. The lowest BCUT2D eigenvalue weighted by molar-refractivity contribution is -0.153. The van der Waals surface area contributed by atoms with Crippen LogP contribution < -0.4 is 5.73 Å². The third kappa shape index (κ3) is 4.30. The van der Waals surface area contributed by atoms with E-state index < -0.39 is 64.0 Å². The average molecular weight is 583 g/mol. The largest absolute Gasteiger partial charge is 0.508 e. The zero-order valence-corrected chi connectivity index (χ0v) is 23.6. The summed E-state index contributed by atoms with van der Waals surface area (Å²) >= 11 is 0. The molecular formula is C29H34N4O9. The lowest BCUT2D eigenvalue weighted by Gasteiger charge is -2.50. The average Bonchev–Trinajstić information content (AvgIpc) is 2.90. The molecule has 2 amide bonds. The first kappa shape index (κ1) is 29.4. The molecule has 1 aliphatic heterocycles. The molecule has 42 heavy (non-hydrogen) atoms. The van der Waals surface area contributed by atoms with Crippen molar-refractivity contribution in [1.82, 2.24) is 14.7 Å². The number of aliphatic hydroxyl groups is 3. The number of Topliss-reactive ketones (excluding diaryl/α,β-unsaturated/α-hetero) is 4. The first-order valence-corrected chi connectivity index (χ1v) is 13.7. The fourth-order valence-electron chi connectivity index (χ4n) is 7.02. The molecule has 1 saturated heterocycles. The van der Waals surface area contributed by atoms with E-state index >= 15 is 0 Å². The van der Waals surface area contributed by atoms with Crippen molar-refractivity contribution >= 4 is 34.9 Å². The number of benzene rings is 1. The minimum atomic E-state index is -2.66. The number of fused-ring (bicyclic) bond motifs is 3. The number of nitrogens with two attached hydrogens (primary N) is 1. The van der Waals surface area contributed by atoms with Crippen LogP contribution in [0.4, 0.5) is 4.79 Å². The van der Waals surface area contributed by atoms with Crippen LogP contribution in [0.3, 0.4) is 0 Å². The van der Waals surface area contributed by atoms with Crippen LogP contribution in [0.5, 0.6) is 5.75 Å². The van der Waals surface area contributed by atoms with Gasteiger partial charge in [-0.1, -0.05) is 0 Å². The third-order valence-corrected chi connectivity index (χ3v) is 9.06. The molecule has 6 N–H and O–H groups in total. The second-order valence-corrected chi connectivity index (χ2v) is 11.7. The predicted molar refractivity (Wildman–Crippen MR) is 148 cm³/mol. The van der Waals surface area contributed by atoms with Crippen molar-refractivity contribution < 1.29 is 44.4 Å². The van der Waals surface area contributed by atoms with E-state index in [1.54, 1.807) is 14.1 Å². The topological polar surface area (TPSA) is 202 Å². The number of aromatic hydroxyl groups is 1. The van der Waals surface area contributed by atoms with E-state index in [1.807, 2.05) is 4.90 Å². The summed E-state index contributed by atoms with van der Waals surface area (Å²) in [5.41, 5.74) is 2.22. The number of nitrogens with zero attached hydrogens (tertiary/aromatic N) is 3. The number of rotatable bonds is 5. The minimum absolute atomic E-state index is 0.0107. The molecule has 13 heteroatoms. The van der Waals surface area contributed by atoms with Crippen LogP contribution in [0.15, 0.2) is 29.0 Å². The van der Waals surface area contributed by atoms with Gasteiger partial charge >= 0.3 is 6.03 Å². The zero-order chi connectivity index (χ0) is 30.8. The number of phenols is 1. The van der Waals surface area contributed by atoms with Crippen molar-refractivity contribution in [3.05, 3.63) is 45.7 Å². The molecule has 2 fully saturated rings. The summed E-state index contributed by atoms with van der Waals surface area (Å²) in [5.74, 6) is -6.85. The van der Waals surface area contributed by atoms with E-state index in [0.717, 1.165) is 6.92 Å². The Hall–Kier alpha value is -4.07. The highest BCUT2D eigenvalue weighted by molar-refractivity contribution is 6.25. The number of piperazine rings is 1. The van der Waals surface area contributed by atoms with Gasteiger partial charge in [-0.3, -0.25) is 29.0 Å². The van der Waals surface area contributed by atoms with Gasteiger partial charge in [0.15, 0.2) is 23.0 Å². The number of amides is 2. The van der Waals surface area contributed by atoms with Crippen molar-refractivity contribution in [3.8, 4) is 5.75 Å². The van der Waals surface area contributed by atoms with Gasteiger partial charge in [0, 0.05) is 43.2 Å². The van der Waals surface area contributed by atoms with Gasteiger partial charge in [-0.05, 0) is 57.5 Å². The molecule has 4 atom stereocenters. The fourth-order valence-corrected chi connectivity index (χ4v) is 7.02. The number of carbonyl (C=O) groups is 5. The molecule has 3 aliphatic carbocycles. The van der Waals surface area contributed by atoms with Gasteiger partial charge in [-0.25, -0.2) is 4.79 Å². The quantitative estimate of drug-likeness (QED) is 0.230. The normalized spacial score (nSPS) is 28.0. The number of hydrogen-bond donors (Lipinski definition) is 5. The number of likely N-dealkylation sites (N-methyl/N-ethyl adjacent to an activating group) is 1. The van der Waals surface area contributed by atoms with Gasteiger partial charge in [0.1, 0.15) is 22.8 Å². The number of ketones is 4. The molecule has 0 radical (unpaired) electrons. The molecule has 224 valence electrons.